The molecule has 0 aliphatic carbocycles. The molecule has 1 atom stereocenters. The molecule has 8 heteroatoms. The van der Waals surface area contributed by atoms with E-state index < -0.39 is 23.6 Å². The average Bonchev–Trinajstić information content (AvgIpc) is 2.51. The van der Waals surface area contributed by atoms with Gasteiger partial charge in [-0.25, -0.2) is 4.79 Å². The third kappa shape index (κ3) is 5.07. The smallest absolute Gasteiger partial charge is 0.408 e. The molecular formula is C17H24N2O6. The Balaban J connectivity index is 2.09. The summed E-state index contributed by atoms with van der Waals surface area (Å²) in [7, 11) is 1.57. The fourth-order valence-corrected chi connectivity index (χ4v) is 2.38. The minimum Gasteiger partial charge on any atom is -0.491 e. The monoisotopic (exact) mass is 352 g/mol. The molecule has 1 aliphatic heterocycles. The molecule has 0 saturated heterocycles. The number of rotatable bonds is 5. The largest absolute Gasteiger partial charge is 0.491 e. The zero-order valence-corrected chi connectivity index (χ0v) is 14.9. The molecule has 8 nitrogen and oxygen atoms in total. The Morgan fingerprint density at radius 1 is 1.36 bits per heavy atom. The van der Waals surface area contributed by atoms with E-state index >= 15 is 0 Å². The van der Waals surface area contributed by atoms with Crippen LogP contribution < -0.4 is 15.1 Å². The van der Waals surface area contributed by atoms with Crippen molar-refractivity contribution in [2.24, 2.45) is 0 Å². The minimum absolute atomic E-state index is 0.253. The van der Waals surface area contributed by atoms with Gasteiger partial charge in [0.15, 0.2) is 0 Å². The van der Waals surface area contributed by atoms with Gasteiger partial charge in [-0.2, -0.15) is 5.06 Å². The average molecular weight is 352 g/mol. The number of benzene rings is 1. The molecule has 1 aromatic carbocycles. The molecule has 1 heterocycles. The molecule has 0 bridgehead atoms. The molecule has 1 aliphatic rings. The van der Waals surface area contributed by atoms with Crippen molar-refractivity contribution >= 4 is 17.7 Å². The molecule has 1 aromatic rings. The number of anilines is 1. The Labute approximate surface area is 146 Å². The lowest BCUT2D eigenvalue weighted by Crippen LogP contribution is -2.52. The van der Waals surface area contributed by atoms with Crippen LogP contribution in [0.5, 0.6) is 5.75 Å². The first kappa shape index (κ1) is 19.0. The Morgan fingerprint density at radius 3 is 2.72 bits per heavy atom. The highest BCUT2D eigenvalue weighted by atomic mass is 16.6. The summed E-state index contributed by atoms with van der Waals surface area (Å²) in [5, 5.41) is 13.2. The minimum atomic E-state index is -0.896. The highest BCUT2D eigenvalue weighted by Crippen LogP contribution is 2.30. The molecule has 0 radical (unpaired) electrons. The van der Waals surface area contributed by atoms with E-state index in [9.17, 15) is 14.8 Å². The van der Waals surface area contributed by atoms with Crippen LogP contribution in [0.1, 0.15) is 26.3 Å². The van der Waals surface area contributed by atoms with Gasteiger partial charge >= 0.3 is 6.09 Å². The van der Waals surface area contributed by atoms with Gasteiger partial charge in [-0.15, -0.1) is 0 Å². The first-order valence-electron chi connectivity index (χ1n) is 7.98. The highest BCUT2D eigenvalue weighted by molar-refractivity contribution is 5.99. The first-order chi connectivity index (χ1) is 11.7. The molecule has 0 saturated carbocycles. The number of carbonyl (C=O) groups is 2. The predicted octanol–water partition coefficient (Wildman–Crippen LogP) is 1.88. The maximum Gasteiger partial charge on any atom is 0.408 e. The van der Waals surface area contributed by atoms with Gasteiger partial charge in [0, 0.05) is 19.6 Å². The lowest BCUT2D eigenvalue weighted by Gasteiger charge is -2.31. The zero-order chi connectivity index (χ0) is 18.6. The Kier molecular flexibility index (Phi) is 5.86. The van der Waals surface area contributed by atoms with Crippen LogP contribution in [-0.4, -0.2) is 49.2 Å². The number of ether oxygens (including phenoxy) is 3. The van der Waals surface area contributed by atoms with Crippen molar-refractivity contribution < 1.29 is 29.0 Å². The summed E-state index contributed by atoms with van der Waals surface area (Å²) < 4.78 is 15.5. The topological polar surface area (TPSA) is 97.3 Å². The van der Waals surface area contributed by atoms with E-state index in [0.717, 1.165) is 0 Å². The van der Waals surface area contributed by atoms with Gasteiger partial charge in [0.1, 0.15) is 24.0 Å². The van der Waals surface area contributed by atoms with E-state index in [2.05, 4.69) is 5.32 Å². The molecular weight excluding hydrogens is 328 g/mol. The van der Waals surface area contributed by atoms with Crippen molar-refractivity contribution in [2.75, 3.05) is 25.4 Å². The van der Waals surface area contributed by atoms with Gasteiger partial charge in [-0.1, -0.05) is 6.07 Å². The van der Waals surface area contributed by atoms with Gasteiger partial charge < -0.3 is 19.5 Å². The maximum absolute atomic E-state index is 12.3. The van der Waals surface area contributed by atoms with Gasteiger partial charge in [0.25, 0.3) is 5.91 Å². The number of alkyl carbamates (subject to hydrolysis) is 1. The molecule has 2 rings (SSSR count). The van der Waals surface area contributed by atoms with Crippen LogP contribution in [0.25, 0.3) is 0 Å². The second kappa shape index (κ2) is 7.71. The second-order valence-electron chi connectivity index (χ2n) is 6.68. The number of fused-ring (bicyclic) bond motifs is 1. The van der Waals surface area contributed by atoms with E-state index in [4.69, 9.17) is 14.2 Å². The van der Waals surface area contributed by atoms with Crippen LogP contribution in [0.4, 0.5) is 10.5 Å². The summed E-state index contributed by atoms with van der Waals surface area (Å²) in [4.78, 5) is 24.2. The molecule has 138 valence electrons. The standard InChI is InChI=1S/C17H24N2O6/c1-17(2,3)25-16(21)18-13-9-11-5-6-12(24-8-7-23-4)10-14(11)19(22)15(13)20/h5-6,10,13,22H,7-9H2,1-4H3,(H,18,21)/t13-/m0/s1. The third-order valence-corrected chi connectivity index (χ3v) is 3.46. The van der Waals surface area contributed by atoms with E-state index in [1.807, 2.05) is 0 Å². The summed E-state index contributed by atoms with van der Waals surface area (Å²) in [5.74, 6) is -0.117. The van der Waals surface area contributed by atoms with Crippen LogP contribution in [0.15, 0.2) is 18.2 Å². The van der Waals surface area contributed by atoms with Crippen LogP contribution >= 0.6 is 0 Å². The third-order valence-electron chi connectivity index (χ3n) is 3.46. The van der Waals surface area contributed by atoms with Gasteiger partial charge in [0.05, 0.1) is 12.3 Å². The number of nitrogens with zero attached hydrogens (tertiary/aromatic N) is 1. The van der Waals surface area contributed by atoms with Gasteiger partial charge in [0.2, 0.25) is 0 Å². The molecule has 0 fully saturated rings. The van der Waals surface area contributed by atoms with Crippen LogP contribution in [0.2, 0.25) is 0 Å². The quantitative estimate of drug-likeness (QED) is 0.620. The van der Waals surface area contributed by atoms with Crippen molar-refractivity contribution in [3.63, 3.8) is 0 Å². The Hall–Kier alpha value is -2.32. The van der Waals surface area contributed by atoms with Gasteiger partial charge in [-0.05, 0) is 32.4 Å². The van der Waals surface area contributed by atoms with E-state index in [1.165, 1.54) is 0 Å². The van der Waals surface area contributed by atoms with Crippen molar-refractivity contribution in [1.29, 1.82) is 0 Å². The SMILES string of the molecule is COCCOc1ccc2c(c1)N(O)C(=O)[C@@H](NC(=O)OC(C)(C)C)C2. The fourth-order valence-electron chi connectivity index (χ4n) is 2.38. The number of hydrogen-bond acceptors (Lipinski definition) is 6. The van der Waals surface area contributed by atoms with Crippen LogP contribution in [0.3, 0.4) is 0 Å². The summed E-state index contributed by atoms with van der Waals surface area (Å²) in [6.45, 7) is 5.98. The molecule has 0 spiro atoms. The molecule has 2 amide bonds. The zero-order valence-electron chi connectivity index (χ0n) is 14.9. The van der Waals surface area contributed by atoms with Crippen molar-refractivity contribution in [1.82, 2.24) is 5.32 Å². The number of hydroxylamine groups is 1. The van der Waals surface area contributed by atoms with E-state index in [-0.39, 0.29) is 6.42 Å². The number of hydrogen-bond donors (Lipinski definition) is 2. The lowest BCUT2D eigenvalue weighted by molar-refractivity contribution is -0.126. The molecule has 0 unspecified atom stereocenters. The summed E-state index contributed by atoms with van der Waals surface area (Å²) >= 11 is 0. The number of amides is 2. The first-order valence-corrected chi connectivity index (χ1v) is 7.98. The Bertz CT molecular complexity index is 641. The predicted molar refractivity (Wildman–Crippen MR) is 89.9 cm³/mol. The number of methoxy groups -OCH3 is 1. The fraction of sp³-hybridized carbons (Fsp3) is 0.529. The highest BCUT2D eigenvalue weighted by Gasteiger charge is 2.34. The molecule has 2 N–H and O–H groups in total. The van der Waals surface area contributed by atoms with Crippen LogP contribution in [-0.2, 0) is 20.7 Å². The van der Waals surface area contributed by atoms with Crippen LogP contribution in [0, 0.1) is 0 Å². The summed E-state index contributed by atoms with van der Waals surface area (Å²) in [6, 6.07) is 4.17. The van der Waals surface area contributed by atoms with Crippen molar-refractivity contribution in [3.05, 3.63) is 23.8 Å². The lowest BCUT2D eigenvalue weighted by atomic mass is 9.98. The van der Waals surface area contributed by atoms with E-state index in [0.29, 0.717) is 35.3 Å². The van der Waals surface area contributed by atoms with Crippen molar-refractivity contribution in [2.45, 2.75) is 38.8 Å². The second-order valence-corrected chi connectivity index (χ2v) is 6.68. The molecule has 0 aromatic heterocycles. The Morgan fingerprint density at radius 2 is 2.08 bits per heavy atom. The summed E-state index contributed by atoms with van der Waals surface area (Å²) in [5.41, 5.74) is 0.372. The molecule has 25 heavy (non-hydrogen) atoms. The maximum atomic E-state index is 12.3. The summed E-state index contributed by atoms with van der Waals surface area (Å²) in [6.07, 6.45) is -0.453. The number of nitrogens with one attached hydrogen (secondary N) is 1. The van der Waals surface area contributed by atoms with E-state index in [1.54, 1.807) is 46.1 Å². The number of carbonyl (C=O) groups excluding carboxylic acids is 2. The van der Waals surface area contributed by atoms with Gasteiger partial charge in [-0.3, -0.25) is 10.0 Å². The van der Waals surface area contributed by atoms with Crippen molar-refractivity contribution in [3.8, 4) is 5.75 Å². The normalized spacial score (nSPS) is 17.1.